The van der Waals surface area contributed by atoms with Gasteiger partial charge in [0, 0.05) is 23.8 Å². The van der Waals surface area contributed by atoms with E-state index in [1.54, 1.807) is 31.4 Å². The van der Waals surface area contributed by atoms with Crippen LogP contribution in [0.3, 0.4) is 0 Å². The summed E-state index contributed by atoms with van der Waals surface area (Å²) in [6.45, 7) is 2.08. The molecule has 0 radical (unpaired) electrons. The van der Waals surface area contributed by atoms with Crippen LogP contribution in [0, 0.1) is 0 Å². The minimum absolute atomic E-state index is 0.155. The molecule has 1 unspecified atom stereocenters. The highest BCUT2D eigenvalue weighted by Crippen LogP contribution is 2.31. The van der Waals surface area contributed by atoms with Gasteiger partial charge in [-0.05, 0) is 36.8 Å². The van der Waals surface area contributed by atoms with E-state index in [2.05, 4.69) is 5.32 Å². The van der Waals surface area contributed by atoms with Crippen LogP contribution in [0.2, 0.25) is 0 Å². The maximum Gasteiger partial charge on any atom is 0.251 e. The van der Waals surface area contributed by atoms with E-state index in [9.17, 15) is 14.4 Å². The van der Waals surface area contributed by atoms with Gasteiger partial charge >= 0.3 is 0 Å². The highest BCUT2D eigenvalue weighted by Gasteiger charge is 2.28. The number of imide groups is 1. The second-order valence-corrected chi connectivity index (χ2v) is 7.29. The molecule has 1 aliphatic heterocycles. The molecule has 154 valence electrons. The summed E-state index contributed by atoms with van der Waals surface area (Å²) in [4.78, 5) is 37.4. The SMILES string of the molecule is COc1cccc2cc(C(C)NC(=O)c3ccc(CN4C(=O)CCC4=O)cc3)oc12. The molecule has 1 atom stereocenters. The van der Waals surface area contributed by atoms with E-state index < -0.39 is 0 Å². The fraction of sp³-hybridized carbons (Fsp3) is 0.261. The third-order valence-electron chi connectivity index (χ3n) is 5.23. The molecule has 0 bridgehead atoms. The Kier molecular flexibility index (Phi) is 5.27. The molecule has 30 heavy (non-hydrogen) atoms. The number of furan rings is 1. The van der Waals surface area contributed by atoms with Crippen molar-refractivity contribution in [2.75, 3.05) is 7.11 Å². The van der Waals surface area contributed by atoms with Crippen molar-refractivity contribution in [3.8, 4) is 5.75 Å². The fourth-order valence-electron chi connectivity index (χ4n) is 3.52. The van der Waals surface area contributed by atoms with Crippen molar-refractivity contribution < 1.29 is 23.5 Å². The average Bonchev–Trinajstić information content (AvgIpc) is 3.33. The smallest absolute Gasteiger partial charge is 0.251 e. The quantitative estimate of drug-likeness (QED) is 0.632. The molecule has 4 rings (SSSR count). The maximum atomic E-state index is 12.6. The summed E-state index contributed by atoms with van der Waals surface area (Å²) >= 11 is 0. The number of carbonyl (C=O) groups is 3. The highest BCUT2D eigenvalue weighted by molar-refractivity contribution is 6.01. The number of ether oxygens (including phenoxy) is 1. The van der Waals surface area contributed by atoms with Crippen molar-refractivity contribution in [1.82, 2.24) is 10.2 Å². The zero-order valence-corrected chi connectivity index (χ0v) is 16.8. The molecule has 1 aliphatic rings. The first kappa shape index (κ1) is 19.7. The second kappa shape index (κ2) is 8.02. The monoisotopic (exact) mass is 406 g/mol. The number of para-hydroxylation sites is 1. The van der Waals surface area contributed by atoms with Gasteiger partial charge in [-0.25, -0.2) is 0 Å². The number of amides is 3. The molecule has 1 saturated heterocycles. The van der Waals surface area contributed by atoms with Gasteiger partial charge in [0.1, 0.15) is 5.76 Å². The number of carbonyl (C=O) groups excluding carboxylic acids is 3. The molecule has 3 aromatic rings. The summed E-state index contributed by atoms with van der Waals surface area (Å²) in [5, 5.41) is 3.83. The molecule has 1 N–H and O–H groups in total. The van der Waals surface area contributed by atoms with Gasteiger partial charge in [-0.2, -0.15) is 0 Å². The first-order valence-electron chi connectivity index (χ1n) is 9.75. The summed E-state index contributed by atoms with van der Waals surface area (Å²) in [5.74, 6) is 0.722. The van der Waals surface area contributed by atoms with Crippen LogP contribution in [0.25, 0.3) is 11.0 Å². The first-order valence-corrected chi connectivity index (χ1v) is 9.75. The lowest BCUT2D eigenvalue weighted by Crippen LogP contribution is -2.28. The minimum Gasteiger partial charge on any atom is -0.493 e. The molecule has 0 aliphatic carbocycles. The molecule has 2 aromatic carbocycles. The fourth-order valence-corrected chi connectivity index (χ4v) is 3.52. The number of nitrogens with zero attached hydrogens (tertiary/aromatic N) is 1. The Labute approximate surface area is 173 Å². The van der Waals surface area contributed by atoms with E-state index in [0.717, 1.165) is 10.9 Å². The van der Waals surface area contributed by atoms with Crippen LogP contribution in [-0.2, 0) is 16.1 Å². The van der Waals surface area contributed by atoms with E-state index in [4.69, 9.17) is 9.15 Å². The normalized spacial score (nSPS) is 14.9. The minimum atomic E-state index is -0.339. The molecule has 7 heteroatoms. The molecule has 0 saturated carbocycles. The summed E-state index contributed by atoms with van der Waals surface area (Å²) in [5.41, 5.74) is 1.93. The number of hydrogen-bond donors (Lipinski definition) is 1. The third-order valence-corrected chi connectivity index (χ3v) is 5.23. The topological polar surface area (TPSA) is 88.9 Å². The van der Waals surface area contributed by atoms with E-state index in [-0.39, 0.29) is 43.1 Å². The van der Waals surface area contributed by atoms with Gasteiger partial charge in [0.15, 0.2) is 11.3 Å². The van der Waals surface area contributed by atoms with E-state index in [1.807, 2.05) is 31.2 Å². The molecule has 1 fully saturated rings. The maximum absolute atomic E-state index is 12.6. The first-order chi connectivity index (χ1) is 14.5. The Balaban J connectivity index is 1.43. The second-order valence-electron chi connectivity index (χ2n) is 7.29. The summed E-state index contributed by atoms with van der Waals surface area (Å²) in [6.07, 6.45) is 0.537. The number of fused-ring (bicyclic) bond motifs is 1. The van der Waals surface area contributed by atoms with Crippen molar-refractivity contribution >= 4 is 28.7 Å². The third kappa shape index (κ3) is 3.78. The number of benzene rings is 2. The summed E-state index contributed by atoms with van der Waals surface area (Å²) < 4.78 is 11.2. The number of methoxy groups -OCH3 is 1. The Morgan fingerprint density at radius 1 is 1.13 bits per heavy atom. The van der Waals surface area contributed by atoms with Gasteiger partial charge in [0.2, 0.25) is 11.8 Å². The number of likely N-dealkylation sites (tertiary alicyclic amines) is 1. The zero-order valence-electron chi connectivity index (χ0n) is 16.8. The van der Waals surface area contributed by atoms with Crippen LogP contribution in [0.4, 0.5) is 0 Å². The molecule has 0 spiro atoms. The van der Waals surface area contributed by atoms with Crippen LogP contribution in [0.15, 0.2) is 52.9 Å². The van der Waals surface area contributed by atoms with E-state index >= 15 is 0 Å². The molecule has 3 amide bonds. The van der Waals surface area contributed by atoms with Gasteiger partial charge in [-0.1, -0.05) is 24.3 Å². The molecular weight excluding hydrogens is 384 g/mol. The van der Waals surface area contributed by atoms with Gasteiger partial charge in [0.05, 0.1) is 19.7 Å². The zero-order chi connectivity index (χ0) is 21.3. The number of rotatable bonds is 6. The van der Waals surface area contributed by atoms with Crippen LogP contribution < -0.4 is 10.1 Å². The Hall–Kier alpha value is -3.61. The molecular formula is C23H22N2O5. The predicted molar refractivity (Wildman–Crippen MR) is 110 cm³/mol. The Morgan fingerprint density at radius 3 is 2.50 bits per heavy atom. The van der Waals surface area contributed by atoms with Crippen molar-refractivity contribution in [3.63, 3.8) is 0 Å². The standard InChI is InChI=1S/C23H22N2O5/c1-14(19-12-17-4-3-5-18(29-2)22(17)30-19)24-23(28)16-8-6-15(7-9-16)13-25-20(26)10-11-21(25)27/h3-9,12,14H,10-11,13H2,1-2H3,(H,24,28). The van der Waals surface area contributed by atoms with Crippen LogP contribution in [-0.4, -0.2) is 29.7 Å². The molecule has 1 aromatic heterocycles. The summed E-state index contributed by atoms with van der Waals surface area (Å²) in [6, 6.07) is 14.1. The lowest BCUT2D eigenvalue weighted by Gasteiger charge is -2.14. The van der Waals surface area contributed by atoms with Crippen LogP contribution in [0.1, 0.15) is 47.5 Å². The Morgan fingerprint density at radius 2 is 1.83 bits per heavy atom. The molecule has 7 nitrogen and oxygen atoms in total. The molecule has 2 heterocycles. The lowest BCUT2D eigenvalue weighted by atomic mass is 10.1. The van der Waals surface area contributed by atoms with Crippen molar-refractivity contribution in [1.29, 1.82) is 0 Å². The van der Waals surface area contributed by atoms with Gasteiger partial charge < -0.3 is 14.5 Å². The van der Waals surface area contributed by atoms with Crippen molar-refractivity contribution in [2.24, 2.45) is 0 Å². The van der Waals surface area contributed by atoms with Gasteiger partial charge in [0.25, 0.3) is 5.91 Å². The van der Waals surface area contributed by atoms with Crippen LogP contribution >= 0.6 is 0 Å². The van der Waals surface area contributed by atoms with Gasteiger partial charge in [-0.3, -0.25) is 19.3 Å². The Bertz CT molecular complexity index is 1100. The lowest BCUT2D eigenvalue weighted by molar-refractivity contribution is -0.139. The predicted octanol–water partition coefficient (Wildman–Crippen LogP) is 3.58. The average molecular weight is 406 g/mol. The van der Waals surface area contributed by atoms with Crippen molar-refractivity contribution in [3.05, 3.63) is 65.4 Å². The van der Waals surface area contributed by atoms with E-state index in [0.29, 0.717) is 22.7 Å². The number of nitrogens with one attached hydrogen (secondary N) is 1. The highest BCUT2D eigenvalue weighted by atomic mass is 16.5. The van der Waals surface area contributed by atoms with E-state index in [1.165, 1.54) is 4.90 Å². The van der Waals surface area contributed by atoms with Gasteiger partial charge in [-0.15, -0.1) is 0 Å². The largest absolute Gasteiger partial charge is 0.493 e. The summed E-state index contributed by atoms with van der Waals surface area (Å²) in [7, 11) is 1.58. The van der Waals surface area contributed by atoms with Crippen LogP contribution in [0.5, 0.6) is 5.75 Å². The van der Waals surface area contributed by atoms with Crippen molar-refractivity contribution in [2.45, 2.75) is 32.4 Å². The number of hydrogen-bond acceptors (Lipinski definition) is 5.